The number of carbonyl (C=O) groups is 2. The molecular formula is C22H27N2O7+. The summed E-state index contributed by atoms with van der Waals surface area (Å²) >= 11 is 0. The average molecular weight is 431 g/mol. The predicted molar refractivity (Wildman–Crippen MR) is 111 cm³/mol. The summed E-state index contributed by atoms with van der Waals surface area (Å²) in [6.45, 7) is 6.62. The first kappa shape index (κ1) is 23.8. The fourth-order valence-electron chi connectivity index (χ4n) is 2.25. The lowest BCUT2D eigenvalue weighted by molar-refractivity contribution is -0.467. The van der Waals surface area contributed by atoms with Crippen LogP contribution in [0.4, 0.5) is 9.59 Å². The van der Waals surface area contributed by atoms with Gasteiger partial charge < -0.3 is 24.2 Å². The predicted octanol–water partition coefficient (Wildman–Crippen LogP) is 3.95. The van der Waals surface area contributed by atoms with Crippen molar-refractivity contribution >= 4 is 18.3 Å². The Morgan fingerprint density at radius 3 is 1.97 bits per heavy atom. The third-order valence-electron chi connectivity index (χ3n) is 3.57. The molecule has 1 atom stereocenters. The van der Waals surface area contributed by atoms with Gasteiger partial charge in [0.25, 0.3) is 0 Å². The SMILES string of the molecule is CC(C[N+](C(=O)Oc1ccccc1)=C(OC(=O)Oc1ccccc1)OC(C)(C)C)NO. The molecule has 0 spiro atoms. The number of nitrogens with zero attached hydrogens (tertiary/aromatic N) is 1. The van der Waals surface area contributed by atoms with Crippen molar-refractivity contribution in [2.24, 2.45) is 0 Å². The minimum absolute atomic E-state index is 0.133. The molecule has 2 N–H and O–H groups in total. The molecule has 0 radical (unpaired) electrons. The molecule has 9 heteroatoms. The first-order valence-corrected chi connectivity index (χ1v) is 9.62. The van der Waals surface area contributed by atoms with E-state index in [-0.39, 0.29) is 18.0 Å². The smallest absolute Gasteiger partial charge is 0.408 e. The molecule has 1 amide bonds. The van der Waals surface area contributed by atoms with Gasteiger partial charge in [-0.1, -0.05) is 41.0 Å². The molecule has 0 bridgehead atoms. The number of benzene rings is 2. The molecule has 0 aliphatic carbocycles. The van der Waals surface area contributed by atoms with Gasteiger partial charge in [0.15, 0.2) is 6.54 Å². The van der Waals surface area contributed by atoms with Crippen molar-refractivity contribution in [2.75, 3.05) is 6.54 Å². The topological polar surface area (TPSA) is 106 Å². The summed E-state index contributed by atoms with van der Waals surface area (Å²) in [6, 6.07) is 16.1. The van der Waals surface area contributed by atoms with Gasteiger partial charge in [-0.25, -0.2) is 4.79 Å². The molecule has 9 nitrogen and oxygen atoms in total. The van der Waals surface area contributed by atoms with Crippen LogP contribution in [0.25, 0.3) is 0 Å². The zero-order valence-electron chi connectivity index (χ0n) is 17.9. The van der Waals surface area contributed by atoms with Crippen LogP contribution < -0.4 is 15.0 Å². The number of amides is 1. The lowest BCUT2D eigenvalue weighted by atomic mass is 10.2. The summed E-state index contributed by atoms with van der Waals surface area (Å²) in [7, 11) is 0. The quantitative estimate of drug-likeness (QED) is 0.183. The molecule has 0 aliphatic heterocycles. The van der Waals surface area contributed by atoms with E-state index in [1.807, 2.05) is 5.48 Å². The lowest BCUT2D eigenvalue weighted by Gasteiger charge is -2.19. The van der Waals surface area contributed by atoms with Gasteiger partial charge in [0.1, 0.15) is 17.1 Å². The average Bonchev–Trinajstić information content (AvgIpc) is 2.71. The van der Waals surface area contributed by atoms with E-state index in [2.05, 4.69) is 0 Å². The molecule has 0 aromatic heterocycles. The van der Waals surface area contributed by atoms with Crippen LogP contribution in [0, 0.1) is 0 Å². The molecule has 0 aliphatic rings. The number of hydrogen-bond donors (Lipinski definition) is 2. The van der Waals surface area contributed by atoms with Crippen LogP contribution in [0.3, 0.4) is 0 Å². The Hall–Kier alpha value is -3.43. The lowest BCUT2D eigenvalue weighted by Crippen LogP contribution is -2.44. The van der Waals surface area contributed by atoms with Crippen molar-refractivity contribution in [1.82, 2.24) is 5.48 Å². The van der Waals surface area contributed by atoms with E-state index in [0.29, 0.717) is 0 Å². The van der Waals surface area contributed by atoms with Gasteiger partial charge in [-0.05, 0) is 52.0 Å². The molecule has 166 valence electrons. The van der Waals surface area contributed by atoms with Crippen molar-refractivity contribution in [3.8, 4) is 11.5 Å². The fraction of sp³-hybridized carbons (Fsp3) is 0.318. The minimum atomic E-state index is -1.10. The Labute approximate surface area is 180 Å². The van der Waals surface area contributed by atoms with Gasteiger partial charge in [0.05, 0.1) is 6.04 Å². The van der Waals surface area contributed by atoms with E-state index in [4.69, 9.17) is 18.9 Å². The van der Waals surface area contributed by atoms with E-state index in [0.717, 1.165) is 4.58 Å². The van der Waals surface area contributed by atoms with Crippen molar-refractivity contribution < 1.29 is 38.3 Å². The van der Waals surface area contributed by atoms with E-state index in [9.17, 15) is 14.8 Å². The fourth-order valence-corrected chi connectivity index (χ4v) is 2.25. The molecule has 2 aromatic rings. The summed E-state index contributed by atoms with van der Waals surface area (Å²) in [5.74, 6) is 0.537. The first-order chi connectivity index (χ1) is 14.7. The van der Waals surface area contributed by atoms with Crippen LogP contribution in [-0.4, -0.2) is 46.3 Å². The summed E-state index contributed by atoms with van der Waals surface area (Å²) in [5, 5.41) is 9.23. The maximum Gasteiger partial charge on any atom is 0.608 e. The normalized spacial score (nSPS) is 12.9. The van der Waals surface area contributed by atoms with Crippen LogP contribution in [-0.2, 0) is 9.47 Å². The van der Waals surface area contributed by atoms with E-state index in [1.54, 1.807) is 88.4 Å². The van der Waals surface area contributed by atoms with Gasteiger partial charge in [0, 0.05) is 0 Å². The Kier molecular flexibility index (Phi) is 8.53. The molecule has 2 aromatic carbocycles. The highest BCUT2D eigenvalue weighted by atomic mass is 16.8. The zero-order chi connectivity index (χ0) is 22.9. The maximum absolute atomic E-state index is 12.9. The highest BCUT2D eigenvalue weighted by Crippen LogP contribution is 2.14. The Morgan fingerprint density at radius 2 is 1.48 bits per heavy atom. The number of carbonyl (C=O) groups excluding carboxylic acids is 2. The van der Waals surface area contributed by atoms with Crippen LogP contribution >= 0.6 is 0 Å². The number of hydrogen-bond acceptors (Lipinski definition) is 8. The van der Waals surface area contributed by atoms with E-state index < -0.39 is 30.0 Å². The van der Waals surface area contributed by atoms with Crippen molar-refractivity contribution in [2.45, 2.75) is 39.3 Å². The van der Waals surface area contributed by atoms with Crippen molar-refractivity contribution in [3.63, 3.8) is 0 Å². The minimum Gasteiger partial charge on any atom is -0.408 e. The van der Waals surface area contributed by atoms with Gasteiger partial charge in [-0.3, -0.25) is 0 Å². The van der Waals surface area contributed by atoms with Crippen molar-refractivity contribution in [1.29, 1.82) is 0 Å². The number of nitrogens with one attached hydrogen (secondary N) is 1. The monoisotopic (exact) mass is 431 g/mol. The summed E-state index contributed by atoms with van der Waals surface area (Å²) in [5.41, 5.74) is 1.21. The van der Waals surface area contributed by atoms with Crippen LogP contribution in [0.1, 0.15) is 27.7 Å². The second kappa shape index (κ2) is 11.1. The van der Waals surface area contributed by atoms with Crippen LogP contribution in [0.15, 0.2) is 60.7 Å². The highest BCUT2D eigenvalue weighted by Gasteiger charge is 2.37. The van der Waals surface area contributed by atoms with Crippen LogP contribution in [0.2, 0.25) is 0 Å². The standard InChI is InChI=1S/C22H27N2O7/c1-16(23-27)15-24(19(25)28-17-11-7-5-8-12-17)20(31-22(2,3)4)30-21(26)29-18-13-9-6-10-14-18/h5-14,16,23,27H,15H2,1-4H3/q+1. The second-order valence-electron chi connectivity index (χ2n) is 7.57. The van der Waals surface area contributed by atoms with Gasteiger partial charge in [-0.2, -0.15) is 10.3 Å². The summed E-state index contributed by atoms with van der Waals surface area (Å²) < 4.78 is 22.4. The molecule has 0 fully saturated rings. The third-order valence-corrected chi connectivity index (χ3v) is 3.57. The number of rotatable bonds is 5. The molecule has 1 unspecified atom stereocenters. The molecule has 0 saturated carbocycles. The number of hydroxylamine groups is 1. The molecule has 0 saturated heterocycles. The largest absolute Gasteiger partial charge is 0.608 e. The van der Waals surface area contributed by atoms with E-state index in [1.165, 1.54) is 0 Å². The Balaban J connectivity index is 2.36. The zero-order valence-corrected chi connectivity index (χ0v) is 17.9. The molecular weight excluding hydrogens is 404 g/mol. The van der Waals surface area contributed by atoms with Crippen LogP contribution in [0.5, 0.6) is 11.5 Å². The second-order valence-corrected chi connectivity index (χ2v) is 7.57. The van der Waals surface area contributed by atoms with Gasteiger partial charge in [-0.15, -0.1) is 0 Å². The number of para-hydroxylation sites is 2. The maximum atomic E-state index is 12.9. The first-order valence-electron chi connectivity index (χ1n) is 9.62. The van der Waals surface area contributed by atoms with Gasteiger partial charge in [0.2, 0.25) is 0 Å². The molecule has 0 heterocycles. The highest BCUT2D eigenvalue weighted by molar-refractivity contribution is 5.82. The van der Waals surface area contributed by atoms with Gasteiger partial charge >= 0.3 is 18.3 Å². The molecule has 31 heavy (non-hydrogen) atoms. The Bertz CT molecular complexity index is 893. The third kappa shape index (κ3) is 8.45. The number of ether oxygens (including phenoxy) is 4. The molecule has 2 rings (SSSR count). The summed E-state index contributed by atoms with van der Waals surface area (Å²) in [6.07, 6.45) is -2.43. The Morgan fingerprint density at radius 1 is 0.968 bits per heavy atom. The van der Waals surface area contributed by atoms with E-state index >= 15 is 0 Å². The van der Waals surface area contributed by atoms with Crippen molar-refractivity contribution in [3.05, 3.63) is 60.7 Å². The summed E-state index contributed by atoms with van der Waals surface area (Å²) in [4.78, 5) is 25.3.